The zero-order chi connectivity index (χ0) is 19.7. The molecule has 27 heavy (non-hydrogen) atoms. The lowest BCUT2D eigenvalue weighted by Gasteiger charge is -2.39. The smallest absolute Gasteiger partial charge is 0.410 e. The van der Waals surface area contributed by atoms with Gasteiger partial charge < -0.3 is 19.3 Å². The molecule has 0 N–H and O–H groups in total. The van der Waals surface area contributed by atoms with Crippen LogP contribution < -0.4 is 4.90 Å². The highest BCUT2D eigenvalue weighted by molar-refractivity contribution is 5.86. The standard InChI is InChI=1S/C19H28N4O4/c1-18(2,3)27-17(25)23-12-9-19(13-23)7-10-22(11-8-19)15-6-5-14(20-21-15)16(24)26-4/h5-6H,7-13H2,1-4H3. The molecule has 2 aliphatic rings. The average molecular weight is 376 g/mol. The van der Waals surface area contributed by atoms with Crippen LogP contribution in [0.4, 0.5) is 10.6 Å². The van der Waals surface area contributed by atoms with Gasteiger partial charge in [-0.15, -0.1) is 10.2 Å². The Morgan fingerprint density at radius 3 is 2.30 bits per heavy atom. The molecule has 0 atom stereocenters. The van der Waals surface area contributed by atoms with E-state index in [1.807, 2.05) is 25.7 Å². The van der Waals surface area contributed by atoms with Crippen molar-refractivity contribution in [3.63, 3.8) is 0 Å². The summed E-state index contributed by atoms with van der Waals surface area (Å²) in [5.74, 6) is 0.277. The van der Waals surface area contributed by atoms with Crippen LogP contribution in [0.1, 0.15) is 50.5 Å². The molecule has 1 spiro atoms. The molecule has 1 aromatic heterocycles. The highest BCUT2D eigenvalue weighted by Crippen LogP contribution is 2.41. The minimum Gasteiger partial charge on any atom is -0.464 e. The Kier molecular flexibility index (Phi) is 5.26. The Morgan fingerprint density at radius 2 is 1.74 bits per heavy atom. The minimum atomic E-state index is -0.486. The molecule has 0 bridgehead atoms. The molecule has 2 saturated heterocycles. The number of rotatable bonds is 2. The fourth-order valence-electron chi connectivity index (χ4n) is 3.74. The number of aromatic nitrogens is 2. The summed E-state index contributed by atoms with van der Waals surface area (Å²) < 4.78 is 10.2. The van der Waals surface area contributed by atoms with Crippen molar-refractivity contribution >= 4 is 17.9 Å². The maximum Gasteiger partial charge on any atom is 0.410 e. The molecule has 8 nitrogen and oxygen atoms in total. The van der Waals surface area contributed by atoms with E-state index < -0.39 is 11.6 Å². The third-order valence-corrected chi connectivity index (χ3v) is 5.28. The Morgan fingerprint density at radius 1 is 1.07 bits per heavy atom. The lowest BCUT2D eigenvalue weighted by Crippen LogP contribution is -2.43. The average Bonchev–Trinajstić information content (AvgIpc) is 3.04. The van der Waals surface area contributed by atoms with E-state index in [9.17, 15) is 9.59 Å². The second-order valence-corrected chi connectivity index (χ2v) is 8.41. The third kappa shape index (κ3) is 4.48. The highest BCUT2D eigenvalue weighted by Gasteiger charge is 2.43. The fourth-order valence-corrected chi connectivity index (χ4v) is 3.74. The molecule has 8 heteroatoms. The predicted molar refractivity (Wildman–Crippen MR) is 99.7 cm³/mol. The molecule has 148 valence electrons. The second kappa shape index (κ2) is 7.32. The highest BCUT2D eigenvalue weighted by atomic mass is 16.6. The summed E-state index contributed by atoms with van der Waals surface area (Å²) >= 11 is 0. The second-order valence-electron chi connectivity index (χ2n) is 8.41. The Hall–Kier alpha value is -2.38. The number of hydrogen-bond acceptors (Lipinski definition) is 7. The molecular formula is C19H28N4O4. The van der Waals surface area contributed by atoms with Crippen molar-refractivity contribution in [1.29, 1.82) is 0 Å². The van der Waals surface area contributed by atoms with E-state index in [1.54, 1.807) is 12.1 Å². The van der Waals surface area contributed by atoms with E-state index in [4.69, 9.17) is 4.74 Å². The summed E-state index contributed by atoms with van der Waals surface area (Å²) in [6.07, 6.45) is 2.78. The van der Waals surface area contributed by atoms with Crippen molar-refractivity contribution in [3.8, 4) is 0 Å². The number of ether oxygens (including phenoxy) is 2. The van der Waals surface area contributed by atoms with Crippen LogP contribution in [0.25, 0.3) is 0 Å². The molecular weight excluding hydrogens is 348 g/mol. The van der Waals surface area contributed by atoms with Crippen LogP contribution in [0, 0.1) is 5.41 Å². The van der Waals surface area contributed by atoms with Gasteiger partial charge in [0.1, 0.15) is 5.60 Å². The molecule has 0 aliphatic carbocycles. The van der Waals surface area contributed by atoms with Gasteiger partial charge in [-0.25, -0.2) is 9.59 Å². The maximum absolute atomic E-state index is 12.3. The van der Waals surface area contributed by atoms with Gasteiger partial charge in [-0.05, 0) is 57.6 Å². The number of methoxy groups -OCH3 is 1. The fraction of sp³-hybridized carbons (Fsp3) is 0.684. The first kappa shape index (κ1) is 19.4. The van der Waals surface area contributed by atoms with Crippen molar-refractivity contribution in [2.24, 2.45) is 5.41 Å². The van der Waals surface area contributed by atoms with Crippen LogP contribution in [-0.2, 0) is 9.47 Å². The Balaban J connectivity index is 1.56. The van der Waals surface area contributed by atoms with Crippen LogP contribution in [0.5, 0.6) is 0 Å². The lowest BCUT2D eigenvalue weighted by atomic mass is 9.78. The van der Waals surface area contributed by atoms with Crippen molar-refractivity contribution in [3.05, 3.63) is 17.8 Å². The van der Waals surface area contributed by atoms with E-state index in [-0.39, 0.29) is 17.2 Å². The van der Waals surface area contributed by atoms with E-state index in [2.05, 4.69) is 19.8 Å². The first-order valence-corrected chi connectivity index (χ1v) is 9.36. The topological polar surface area (TPSA) is 84.9 Å². The maximum atomic E-state index is 12.3. The van der Waals surface area contributed by atoms with Gasteiger partial charge in [0.15, 0.2) is 11.5 Å². The molecule has 0 unspecified atom stereocenters. The number of likely N-dealkylation sites (tertiary alicyclic amines) is 1. The number of nitrogens with zero attached hydrogens (tertiary/aromatic N) is 4. The SMILES string of the molecule is COC(=O)c1ccc(N2CCC3(CCN(C(=O)OC(C)(C)C)C3)CC2)nn1. The molecule has 1 amide bonds. The van der Waals surface area contributed by atoms with Crippen molar-refractivity contribution in [1.82, 2.24) is 15.1 Å². The zero-order valence-corrected chi connectivity index (χ0v) is 16.5. The van der Waals surface area contributed by atoms with Gasteiger partial charge in [0.25, 0.3) is 0 Å². The first-order chi connectivity index (χ1) is 12.7. The molecule has 3 rings (SSSR count). The van der Waals surface area contributed by atoms with Crippen LogP contribution in [0.3, 0.4) is 0 Å². The van der Waals surface area contributed by atoms with Crippen LogP contribution in [0.15, 0.2) is 12.1 Å². The normalized spacial score (nSPS) is 19.3. The van der Waals surface area contributed by atoms with Gasteiger partial charge in [0.05, 0.1) is 7.11 Å². The lowest BCUT2D eigenvalue weighted by molar-refractivity contribution is 0.0266. The predicted octanol–water partition coefficient (Wildman–Crippen LogP) is 2.49. The van der Waals surface area contributed by atoms with Gasteiger partial charge in [-0.1, -0.05) is 0 Å². The van der Waals surface area contributed by atoms with Gasteiger partial charge in [-0.3, -0.25) is 0 Å². The largest absolute Gasteiger partial charge is 0.464 e. The molecule has 3 heterocycles. The van der Waals surface area contributed by atoms with Crippen LogP contribution >= 0.6 is 0 Å². The van der Waals surface area contributed by atoms with Gasteiger partial charge in [-0.2, -0.15) is 0 Å². The number of carbonyl (C=O) groups excluding carboxylic acids is 2. The summed E-state index contributed by atoms with van der Waals surface area (Å²) in [7, 11) is 1.32. The summed E-state index contributed by atoms with van der Waals surface area (Å²) in [6, 6.07) is 3.44. The van der Waals surface area contributed by atoms with Crippen LogP contribution in [0.2, 0.25) is 0 Å². The Bertz CT molecular complexity index is 691. The summed E-state index contributed by atoms with van der Waals surface area (Å²) in [5, 5.41) is 8.11. The minimum absolute atomic E-state index is 0.160. The third-order valence-electron chi connectivity index (χ3n) is 5.28. The molecule has 0 aromatic carbocycles. The van der Waals surface area contributed by atoms with Crippen molar-refractivity contribution < 1.29 is 19.1 Å². The van der Waals surface area contributed by atoms with Crippen molar-refractivity contribution in [2.75, 3.05) is 38.2 Å². The number of amides is 1. The number of hydrogen-bond donors (Lipinski definition) is 0. The van der Waals surface area contributed by atoms with Gasteiger partial charge in [0.2, 0.25) is 0 Å². The number of piperidine rings is 1. The molecule has 2 aliphatic heterocycles. The van der Waals surface area contributed by atoms with Gasteiger partial charge in [0, 0.05) is 26.2 Å². The van der Waals surface area contributed by atoms with Gasteiger partial charge >= 0.3 is 12.1 Å². The molecule has 2 fully saturated rings. The monoisotopic (exact) mass is 376 g/mol. The number of esters is 1. The van der Waals surface area contributed by atoms with E-state index in [1.165, 1.54) is 7.11 Å². The van der Waals surface area contributed by atoms with E-state index in [0.29, 0.717) is 0 Å². The van der Waals surface area contributed by atoms with Crippen LogP contribution in [-0.4, -0.2) is 66.0 Å². The quantitative estimate of drug-likeness (QED) is 0.733. The van der Waals surface area contributed by atoms with Crippen molar-refractivity contribution in [2.45, 2.75) is 45.6 Å². The van der Waals surface area contributed by atoms with E-state index >= 15 is 0 Å². The summed E-state index contributed by atoms with van der Waals surface area (Å²) in [5.41, 5.74) is -0.101. The molecule has 0 saturated carbocycles. The molecule has 1 aromatic rings. The summed E-state index contributed by atoms with van der Waals surface area (Å²) in [6.45, 7) is 8.89. The number of carbonyl (C=O) groups is 2. The zero-order valence-electron chi connectivity index (χ0n) is 16.5. The Labute approximate surface area is 159 Å². The summed E-state index contributed by atoms with van der Waals surface area (Å²) in [4.78, 5) is 27.8. The number of anilines is 1. The van der Waals surface area contributed by atoms with E-state index in [0.717, 1.165) is 51.3 Å². The molecule has 0 radical (unpaired) electrons. The first-order valence-electron chi connectivity index (χ1n) is 9.36.